The van der Waals surface area contributed by atoms with E-state index in [1.807, 2.05) is 13.0 Å². The zero-order valence-electron chi connectivity index (χ0n) is 11.8. The Balaban J connectivity index is 2.19. The minimum atomic E-state index is -0.623. The molecule has 0 saturated heterocycles. The molecule has 0 spiro atoms. The summed E-state index contributed by atoms with van der Waals surface area (Å²) in [5.74, 6) is 0.419. The molecule has 1 aromatic rings. The van der Waals surface area contributed by atoms with Gasteiger partial charge in [-0.05, 0) is 38.5 Å². The Hall–Kier alpha value is -2.31. The van der Waals surface area contributed by atoms with Gasteiger partial charge in [0.15, 0.2) is 0 Å². The number of carbonyl (C=O) groups is 2. The Morgan fingerprint density at radius 3 is 2.75 bits per heavy atom. The van der Waals surface area contributed by atoms with Crippen LogP contribution in [-0.2, 0) is 9.47 Å². The summed E-state index contributed by atoms with van der Waals surface area (Å²) in [6, 6.07) is 3.54. The average Bonchev–Trinajstić information content (AvgIpc) is 2.34. The van der Waals surface area contributed by atoms with Crippen molar-refractivity contribution >= 4 is 18.0 Å². The topological polar surface area (TPSA) is 89.5 Å². The third kappa shape index (κ3) is 6.58. The SMILES string of the molecule is Cc1ccnc(NC(=O)OCCNC(=O)OC(C)C)c1. The molecule has 0 fully saturated rings. The predicted molar refractivity (Wildman–Crippen MR) is 73.6 cm³/mol. The first kappa shape index (κ1) is 15.7. The molecule has 0 aliphatic heterocycles. The second-order valence-electron chi connectivity index (χ2n) is 4.36. The van der Waals surface area contributed by atoms with Crippen molar-refractivity contribution in [3.63, 3.8) is 0 Å². The van der Waals surface area contributed by atoms with Crippen LogP contribution in [0, 0.1) is 6.92 Å². The first-order chi connectivity index (χ1) is 9.47. The molecule has 0 unspecified atom stereocenters. The lowest BCUT2D eigenvalue weighted by molar-refractivity contribution is 0.111. The summed E-state index contributed by atoms with van der Waals surface area (Å²) in [6.07, 6.45) is 0.243. The number of nitrogens with one attached hydrogen (secondary N) is 2. The predicted octanol–water partition coefficient (Wildman–Crippen LogP) is 2.07. The van der Waals surface area contributed by atoms with Crippen LogP contribution in [0.15, 0.2) is 18.3 Å². The van der Waals surface area contributed by atoms with Crippen LogP contribution in [0.2, 0.25) is 0 Å². The standard InChI is InChI=1S/C13H19N3O4/c1-9(2)20-12(17)15-6-7-19-13(18)16-11-8-10(3)4-5-14-11/h4-5,8-9H,6-7H2,1-3H3,(H,15,17)(H,14,16,18). The van der Waals surface area contributed by atoms with Gasteiger partial charge in [0.05, 0.1) is 12.6 Å². The highest BCUT2D eigenvalue weighted by Gasteiger charge is 2.06. The van der Waals surface area contributed by atoms with Crippen LogP contribution in [0.3, 0.4) is 0 Å². The summed E-state index contributed by atoms with van der Waals surface area (Å²) < 4.78 is 9.73. The number of anilines is 1. The van der Waals surface area contributed by atoms with Crippen molar-refractivity contribution in [3.8, 4) is 0 Å². The highest BCUT2D eigenvalue weighted by molar-refractivity contribution is 5.83. The van der Waals surface area contributed by atoms with E-state index in [2.05, 4.69) is 15.6 Å². The number of hydrogen-bond donors (Lipinski definition) is 2. The molecule has 7 heteroatoms. The largest absolute Gasteiger partial charge is 0.447 e. The number of pyridine rings is 1. The minimum Gasteiger partial charge on any atom is -0.447 e. The molecule has 1 rings (SSSR count). The van der Waals surface area contributed by atoms with Crippen LogP contribution < -0.4 is 10.6 Å². The summed E-state index contributed by atoms with van der Waals surface area (Å²) in [5, 5.41) is 4.95. The van der Waals surface area contributed by atoms with E-state index >= 15 is 0 Å². The third-order valence-corrected chi connectivity index (χ3v) is 2.09. The number of nitrogens with zero attached hydrogens (tertiary/aromatic N) is 1. The molecule has 20 heavy (non-hydrogen) atoms. The summed E-state index contributed by atoms with van der Waals surface area (Å²) in [4.78, 5) is 26.5. The number of rotatable bonds is 5. The molecule has 0 radical (unpaired) electrons. The maximum absolute atomic E-state index is 11.4. The lowest BCUT2D eigenvalue weighted by Gasteiger charge is -2.10. The van der Waals surface area contributed by atoms with Crippen molar-refractivity contribution in [2.45, 2.75) is 26.9 Å². The fourth-order valence-electron chi connectivity index (χ4n) is 1.30. The molecule has 0 aromatic carbocycles. The summed E-state index contributed by atoms with van der Waals surface area (Å²) in [7, 11) is 0. The van der Waals surface area contributed by atoms with Crippen molar-refractivity contribution in [2.24, 2.45) is 0 Å². The molecular formula is C13H19N3O4. The molecule has 2 N–H and O–H groups in total. The fraction of sp³-hybridized carbons (Fsp3) is 0.462. The van der Waals surface area contributed by atoms with E-state index in [1.54, 1.807) is 26.1 Å². The zero-order valence-corrected chi connectivity index (χ0v) is 11.8. The Kier molecular flexibility index (Phi) is 6.28. The molecule has 2 amide bonds. The summed E-state index contributed by atoms with van der Waals surface area (Å²) >= 11 is 0. The molecule has 0 atom stereocenters. The molecule has 0 bridgehead atoms. The second-order valence-corrected chi connectivity index (χ2v) is 4.36. The number of carbonyl (C=O) groups excluding carboxylic acids is 2. The maximum Gasteiger partial charge on any atom is 0.412 e. The lowest BCUT2D eigenvalue weighted by atomic mass is 10.3. The van der Waals surface area contributed by atoms with Gasteiger partial charge in [0, 0.05) is 6.20 Å². The van der Waals surface area contributed by atoms with Gasteiger partial charge in [0.2, 0.25) is 0 Å². The van der Waals surface area contributed by atoms with Gasteiger partial charge in [0.25, 0.3) is 0 Å². The highest BCUT2D eigenvalue weighted by Crippen LogP contribution is 2.05. The van der Waals surface area contributed by atoms with Crippen LogP contribution >= 0.6 is 0 Å². The first-order valence-corrected chi connectivity index (χ1v) is 6.28. The van der Waals surface area contributed by atoms with Crippen LogP contribution in [0.5, 0.6) is 0 Å². The number of amides is 2. The van der Waals surface area contributed by atoms with Crippen LogP contribution in [0.1, 0.15) is 19.4 Å². The van der Waals surface area contributed by atoms with E-state index in [-0.39, 0.29) is 19.3 Å². The fourth-order valence-corrected chi connectivity index (χ4v) is 1.30. The van der Waals surface area contributed by atoms with Gasteiger partial charge >= 0.3 is 12.2 Å². The molecule has 0 aliphatic carbocycles. The molecule has 0 aliphatic rings. The van der Waals surface area contributed by atoms with Crippen LogP contribution in [0.4, 0.5) is 15.4 Å². The normalized spacial score (nSPS) is 10.0. The van der Waals surface area contributed by atoms with Crippen molar-refractivity contribution in [2.75, 3.05) is 18.5 Å². The summed E-state index contributed by atoms with van der Waals surface area (Å²) in [6.45, 7) is 5.62. The average molecular weight is 281 g/mol. The van der Waals surface area contributed by atoms with Crippen molar-refractivity contribution in [3.05, 3.63) is 23.9 Å². The van der Waals surface area contributed by atoms with Gasteiger partial charge in [-0.2, -0.15) is 0 Å². The molecule has 110 valence electrons. The number of aryl methyl sites for hydroxylation is 1. The van der Waals surface area contributed by atoms with E-state index in [1.165, 1.54) is 0 Å². The van der Waals surface area contributed by atoms with Gasteiger partial charge < -0.3 is 14.8 Å². The van der Waals surface area contributed by atoms with Crippen molar-refractivity contribution < 1.29 is 19.1 Å². The Morgan fingerprint density at radius 1 is 1.35 bits per heavy atom. The smallest absolute Gasteiger partial charge is 0.412 e. The molecule has 1 heterocycles. The monoisotopic (exact) mass is 281 g/mol. The Labute approximate surface area is 117 Å². The van der Waals surface area contributed by atoms with E-state index in [9.17, 15) is 9.59 Å². The van der Waals surface area contributed by atoms with E-state index < -0.39 is 12.2 Å². The van der Waals surface area contributed by atoms with Crippen molar-refractivity contribution in [1.82, 2.24) is 10.3 Å². The minimum absolute atomic E-state index is 0.0465. The molecule has 0 saturated carbocycles. The van der Waals surface area contributed by atoms with Gasteiger partial charge in [-0.1, -0.05) is 0 Å². The quantitative estimate of drug-likeness (QED) is 0.806. The number of aromatic nitrogens is 1. The summed E-state index contributed by atoms with van der Waals surface area (Å²) in [5.41, 5.74) is 0.980. The zero-order chi connectivity index (χ0) is 15.0. The van der Waals surface area contributed by atoms with E-state index in [0.717, 1.165) is 5.56 Å². The number of ether oxygens (including phenoxy) is 2. The highest BCUT2D eigenvalue weighted by atomic mass is 16.6. The van der Waals surface area contributed by atoms with Gasteiger partial charge in [0.1, 0.15) is 12.4 Å². The van der Waals surface area contributed by atoms with E-state index in [4.69, 9.17) is 9.47 Å². The van der Waals surface area contributed by atoms with Crippen molar-refractivity contribution in [1.29, 1.82) is 0 Å². The third-order valence-electron chi connectivity index (χ3n) is 2.09. The number of alkyl carbamates (subject to hydrolysis) is 1. The van der Waals surface area contributed by atoms with Crippen LogP contribution in [-0.4, -0.2) is 36.4 Å². The second kappa shape index (κ2) is 7.98. The lowest BCUT2D eigenvalue weighted by Crippen LogP contribution is -2.31. The molecular weight excluding hydrogens is 262 g/mol. The Bertz CT molecular complexity index is 463. The van der Waals surface area contributed by atoms with Gasteiger partial charge in [-0.3, -0.25) is 5.32 Å². The van der Waals surface area contributed by atoms with Gasteiger partial charge in [-0.15, -0.1) is 0 Å². The maximum atomic E-state index is 11.4. The number of hydrogen-bond acceptors (Lipinski definition) is 5. The first-order valence-electron chi connectivity index (χ1n) is 6.28. The molecule has 7 nitrogen and oxygen atoms in total. The van der Waals surface area contributed by atoms with Gasteiger partial charge in [-0.25, -0.2) is 14.6 Å². The van der Waals surface area contributed by atoms with E-state index in [0.29, 0.717) is 5.82 Å². The molecule has 1 aromatic heterocycles. The van der Waals surface area contributed by atoms with Crippen LogP contribution in [0.25, 0.3) is 0 Å². The Morgan fingerprint density at radius 2 is 2.10 bits per heavy atom.